The van der Waals surface area contributed by atoms with Crippen molar-refractivity contribution in [1.82, 2.24) is 10.2 Å². The molecule has 36 heavy (non-hydrogen) atoms. The summed E-state index contributed by atoms with van der Waals surface area (Å²) in [6.07, 6.45) is 7.63. The van der Waals surface area contributed by atoms with Gasteiger partial charge in [-0.3, -0.25) is 9.59 Å². The molecule has 1 aliphatic carbocycles. The highest BCUT2D eigenvalue weighted by Crippen LogP contribution is 2.31. The third kappa shape index (κ3) is 6.37. The first kappa shape index (κ1) is 26.0. The minimum Gasteiger partial charge on any atom is -0.495 e. The lowest BCUT2D eigenvalue weighted by Gasteiger charge is -2.38. The quantitative estimate of drug-likeness (QED) is 0.540. The fourth-order valence-electron chi connectivity index (χ4n) is 5.23. The number of carbonyl (C=O) groups excluding carboxylic acids is 2. The standard InChI is InChI=1S/C28H33ClN4O3/c1-36-26-12-6-20(16-24(26)29)18-31-28(35)23-15-19(17-30)5-11-25(23)32-27(34)21-7-9-22(10-8-21)33-13-3-2-4-14-33/h5-6,11-12,15-16,21-22H,2-4,7-10,13-14,18H2,1H3,(H,31,35)(H,32,34). The molecule has 2 aromatic carbocycles. The minimum absolute atomic E-state index is 0.0622. The summed E-state index contributed by atoms with van der Waals surface area (Å²) in [7, 11) is 1.54. The first-order chi connectivity index (χ1) is 17.5. The van der Waals surface area contributed by atoms with Crippen LogP contribution in [0.3, 0.4) is 0 Å². The number of rotatable bonds is 7. The van der Waals surface area contributed by atoms with Crippen molar-refractivity contribution in [1.29, 1.82) is 5.26 Å². The number of nitriles is 1. The number of methoxy groups -OCH3 is 1. The van der Waals surface area contributed by atoms with Crippen LogP contribution >= 0.6 is 11.6 Å². The van der Waals surface area contributed by atoms with Crippen molar-refractivity contribution in [3.8, 4) is 11.8 Å². The molecule has 0 spiro atoms. The topological polar surface area (TPSA) is 94.5 Å². The molecule has 0 aromatic heterocycles. The lowest BCUT2D eigenvalue weighted by molar-refractivity contribution is -0.121. The maximum atomic E-state index is 13.1. The van der Waals surface area contributed by atoms with Gasteiger partial charge in [-0.25, -0.2) is 0 Å². The summed E-state index contributed by atoms with van der Waals surface area (Å²) in [5, 5.41) is 15.6. The van der Waals surface area contributed by atoms with Crippen LogP contribution in [-0.4, -0.2) is 43.0 Å². The van der Waals surface area contributed by atoms with Gasteiger partial charge in [-0.1, -0.05) is 24.1 Å². The number of nitrogens with one attached hydrogen (secondary N) is 2. The Balaban J connectivity index is 1.39. The Kier molecular flexibility index (Phi) is 8.84. The lowest BCUT2D eigenvalue weighted by atomic mass is 9.84. The molecule has 4 rings (SSSR count). The molecule has 2 aliphatic rings. The van der Waals surface area contributed by atoms with Gasteiger partial charge in [-0.05, 0) is 87.5 Å². The van der Waals surface area contributed by atoms with Gasteiger partial charge < -0.3 is 20.3 Å². The van der Waals surface area contributed by atoms with Crippen molar-refractivity contribution in [3.05, 3.63) is 58.1 Å². The number of amides is 2. The highest BCUT2D eigenvalue weighted by molar-refractivity contribution is 6.32. The number of carbonyl (C=O) groups is 2. The van der Waals surface area contributed by atoms with Gasteiger partial charge in [-0.2, -0.15) is 5.26 Å². The van der Waals surface area contributed by atoms with Gasteiger partial charge in [0, 0.05) is 18.5 Å². The second-order valence-corrected chi connectivity index (χ2v) is 10.0. The van der Waals surface area contributed by atoms with Crippen LogP contribution in [0, 0.1) is 17.2 Å². The SMILES string of the molecule is COc1ccc(CNC(=O)c2cc(C#N)ccc2NC(=O)C2CCC(N3CCCCC3)CC2)cc1Cl. The Morgan fingerprint density at radius 3 is 2.50 bits per heavy atom. The fourth-order valence-corrected chi connectivity index (χ4v) is 5.51. The van der Waals surface area contributed by atoms with Crippen molar-refractivity contribution in [2.24, 2.45) is 5.92 Å². The number of halogens is 1. The summed E-state index contributed by atoms with van der Waals surface area (Å²) in [5.74, 6) is 0.0541. The third-order valence-electron chi connectivity index (χ3n) is 7.29. The average molecular weight is 509 g/mol. The monoisotopic (exact) mass is 508 g/mol. The van der Waals surface area contributed by atoms with Crippen molar-refractivity contribution >= 4 is 29.1 Å². The van der Waals surface area contributed by atoms with E-state index in [4.69, 9.17) is 16.3 Å². The summed E-state index contributed by atoms with van der Waals surface area (Å²) >= 11 is 6.19. The molecule has 0 unspecified atom stereocenters. The van der Waals surface area contributed by atoms with Crippen LogP contribution in [0.25, 0.3) is 0 Å². The van der Waals surface area contributed by atoms with E-state index < -0.39 is 0 Å². The molecule has 8 heteroatoms. The molecule has 0 bridgehead atoms. The van der Waals surface area contributed by atoms with E-state index in [1.807, 2.05) is 6.07 Å². The molecule has 2 aromatic rings. The Labute approximate surface area is 217 Å². The zero-order chi connectivity index (χ0) is 25.5. The Morgan fingerprint density at radius 2 is 1.83 bits per heavy atom. The molecule has 2 fully saturated rings. The van der Waals surface area contributed by atoms with E-state index in [2.05, 4.69) is 21.6 Å². The van der Waals surface area contributed by atoms with Gasteiger partial charge >= 0.3 is 0 Å². The summed E-state index contributed by atoms with van der Waals surface area (Å²) in [5.41, 5.74) is 1.85. The second kappa shape index (κ2) is 12.2. The predicted octanol–water partition coefficient (Wildman–Crippen LogP) is 5.13. The van der Waals surface area contributed by atoms with Gasteiger partial charge in [0.1, 0.15) is 5.75 Å². The summed E-state index contributed by atoms with van der Waals surface area (Å²) in [6.45, 7) is 2.59. The van der Waals surface area contributed by atoms with Gasteiger partial charge in [0.15, 0.2) is 0 Å². The van der Waals surface area contributed by atoms with Crippen molar-refractivity contribution in [3.63, 3.8) is 0 Å². The summed E-state index contributed by atoms with van der Waals surface area (Å²) in [6, 6.07) is 12.7. The number of benzene rings is 2. The zero-order valence-corrected chi connectivity index (χ0v) is 21.4. The maximum absolute atomic E-state index is 13.1. The zero-order valence-electron chi connectivity index (χ0n) is 20.7. The number of piperidine rings is 1. The van der Waals surface area contributed by atoms with Crippen LogP contribution in [0.15, 0.2) is 36.4 Å². The number of hydrogen-bond donors (Lipinski definition) is 2. The minimum atomic E-state index is -0.372. The van der Waals surface area contributed by atoms with Crippen LogP contribution < -0.4 is 15.4 Å². The Hall–Kier alpha value is -3.08. The molecule has 7 nitrogen and oxygen atoms in total. The number of likely N-dealkylation sites (tertiary alicyclic amines) is 1. The predicted molar refractivity (Wildman–Crippen MR) is 140 cm³/mol. The molecular weight excluding hydrogens is 476 g/mol. The maximum Gasteiger partial charge on any atom is 0.253 e. The Bertz CT molecular complexity index is 1130. The largest absolute Gasteiger partial charge is 0.495 e. The molecule has 0 atom stereocenters. The van der Waals surface area contributed by atoms with Crippen molar-refractivity contribution in [2.45, 2.75) is 57.5 Å². The van der Waals surface area contributed by atoms with Crippen LogP contribution in [0.2, 0.25) is 5.02 Å². The number of ether oxygens (including phenoxy) is 1. The smallest absolute Gasteiger partial charge is 0.253 e. The normalized spacial score (nSPS) is 20.2. The fraction of sp³-hybridized carbons (Fsp3) is 0.464. The molecule has 1 aliphatic heterocycles. The van der Waals surface area contributed by atoms with E-state index >= 15 is 0 Å². The third-order valence-corrected chi connectivity index (χ3v) is 7.59. The first-order valence-corrected chi connectivity index (χ1v) is 13.1. The van der Waals surface area contributed by atoms with Crippen LogP contribution in [-0.2, 0) is 11.3 Å². The van der Waals surface area contributed by atoms with Crippen LogP contribution in [0.5, 0.6) is 5.75 Å². The van der Waals surface area contributed by atoms with E-state index in [1.54, 1.807) is 31.4 Å². The molecule has 0 radical (unpaired) electrons. The number of hydrogen-bond acceptors (Lipinski definition) is 5. The molecular formula is C28H33ClN4O3. The molecule has 190 valence electrons. The molecule has 2 N–H and O–H groups in total. The summed E-state index contributed by atoms with van der Waals surface area (Å²) < 4.78 is 5.17. The van der Waals surface area contributed by atoms with E-state index in [-0.39, 0.29) is 29.8 Å². The number of anilines is 1. The van der Waals surface area contributed by atoms with E-state index in [0.29, 0.717) is 28.1 Å². The second-order valence-electron chi connectivity index (χ2n) is 9.62. The molecule has 1 saturated carbocycles. The van der Waals surface area contributed by atoms with Crippen molar-refractivity contribution in [2.75, 3.05) is 25.5 Å². The highest BCUT2D eigenvalue weighted by atomic mass is 35.5. The van der Waals surface area contributed by atoms with Gasteiger partial charge in [0.25, 0.3) is 5.91 Å². The van der Waals surface area contributed by atoms with Gasteiger partial charge in [0.05, 0.1) is 35.0 Å². The van der Waals surface area contributed by atoms with E-state index in [0.717, 1.165) is 31.2 Å². The van der Waals surface area contributed by atoms with Crippen LogP contribution in [0.1, 0.15) is 66.4 Å². The van der Waals surface area contributed by atoms with Crippen molar-refractivity contribution < 1.29 is 14.3 Å². The summed E-state index contributed by atoms with van der Waals surface area (Å²) in [4.78, 5) is 28.8. The van der Waals surface area contributed by atoms with E-state index in [9.17, 15) is 14.9 Å². The first-order valence-electron chi connectivity index (χ1n) is 12.7. The molecule has 1 heterocycles. The van der Waals surface area contributed by atoms with Gasteiger partial charge in [0.2, 0.25) is 5.91 Å². The Morgan fingerprint density at radius 1 is 1.08 bits per heavy atom. The van der Waals surface area contributed by atoms with Crippen LogP contribution in [0.4, 0.5) is 5.69 Å². The lowest BCUT2D eigenvalue weighted by Crippen LogP contribution is -2.42. The average Bonchev–Trinajstić information content (AvgIpc) is 2.92. The van der Waals surface area contributed by atoms with E-state index in [1.165, 1.54) is 38.4 Å². The van der Waals surface area contributed by atoms with Gasteiger partial charge in [-0.15, -0.1) is 0 Å². The molecule has 1 saturated heterocycles. The number of nitrogens with zero attached hydrogens (tertiary/aromatic N) is 2. The highest BCUT2D eigenvalue weighted by Gasteiger charge is 2.30. The molecule has 2 amide bonds.